The fraction of sp³-hybridized carbons (Fsp3) is 0.444. The first kappa shape index (κ1) is 20.7. The van der Waals surface area contributed by atoms with Crippen molar-refractivity contribution in [1.82, 2.24) is 19.4 Å². The van der Waals surface area contributed by atoms with Gasteiger partial charge in [0.15, 0.2) is 17.5 Å². The summed E-state index contributed by atoms with van der Waals surface area (Å²) in [5, 5.41) is 4.27. The average molecular weight is 443 g/mol. The lowest BCUT2D eigenvalue weighted by molar-refractivity contribution is -0.134. The lowest BCUT2D eigenvalue weighted by Gasteiger charge is -2.35. The smallest absolute Gasteiger partial charge is 0.302 e. The number of carbonyl (C=O) groups excluding carboxylic acids is 1. The zero-order valence-corrected chi connectivity index (χ0v) is 17.1. The Bertz CT molecular complexity index is 1100. The number of nitrogens with zero attached hydrogens (tertiary/aromatic N) is 4. The third kappa shape index (κ3) is 3.43. The van der Waals surface area contributed by atoms with Crippen LogP contribution in [-0.2, 0) is 34.5 Å². The number of halogens is 3. The molecule has 2 aromatic rings. The van der Waals surface area contributed by atoms with Gasteiger partial charge in [-0.05, 0) is 31.5 Å². The molecule has 1 amide bonds. The Morgan fingerprint density at radius 1 is 1.20 bits per heavy atom. The van der Waals surface area contributed by atoms with E-state index in [1.54, 1.807) is 18.5 Å². The van der Waals surface area contributed by atoms with E-state index < -0.39 is 33.6 Å². The molecular formula is C18H20F3N5O3S. The van der Waals surface area contributed by atoms with E-state index in [0.717, 1.165) is 12.1 Å². The van der Waals surface area contributed by atoms with Crippen LogP contribution >= 0.6 is 0 Å². The second-order valence-corrected chi connectivity index (χ2v) is 9.21. The van der Waals surface area contributed by atoms with Gasteiger partial charge >= 0.3 is 10.2 Å². The molecule has 2 atom stereocenters. The van der Waals surface area contributed by atoms with Crippen molar-refractivity contribution in [3.05, 3.63) is 47.0 Å². The van der Waals surface area contributed by atoms with Crippen molar-refractivity contribution in [1.29, 1.82) is 0 Å². The molecule has 30 heavy (non-hydrogen) atoms. The van der Waals surface area contributed by atoms with Gasteiger partial charge in [0.2, 0.25) is 5.91 Å². The predicted molar refractivity (Wildman–Crippen MR) is 101 cm³/mol. The van der Waals surface area contributed by atoms with E-state index in [1.165, 1.54) is 15.4 Å². The summed E-state index contributed by atoms with van der Waals surface area (Å²) >= 11 is 0. The van der Waals surface area contributed by atoms with Crippen molar-refractivity contribution in [2.24, 2.45) is 0 Å². The van der Waals surface area contributed by atoms with E-state index in [9.17, 15) is 26.4 Å². The Morgan fingerprint density at radius 3 is 2.47 bits per heavy atom. The van der Waals surface area contributed by atoms with Gasteiger partial charge in [-0.25, -0.2) is 13.2 Å². The van der Waals surface area contributed by atoms with Crippen LogP contribution in [-0.4, -0.2) is 47.6 Å². The first-order valence-corrected chi connectivity index (χ1v) is 10.8. The number of rotatable bonds is 3. The Labute approximate surface area is 171 Å². The average Bonchev–Trinajstić information content (AvgIpc) is 3.17. The van der Waals surface area contributed by atoms with E-state index in [0.29, 0.717) is 17.9 Å². The Hall–Kier alpha value is -2.60. The lowest BCUT2D eigenvalue weighted by Crippen LogP contribution is -2.46. The minimum absolute atomic E-state index is 0.0165. The van der Waals surface area contributed by atoms with Crippen LogP contribution in [0.2, 0.25) is 0 Å². The zero-order chi connectivity index (χ0) is 21.8. The molecule has 0 radical (unpaired) electrons. The van der Waals surface area contributed by atoms with Crippen molar-refractivity contribution in [2.45, 2.75) is 45.4 Å². The molecular weight excluding hydrogens is 423 g/mol. The molecule has 1 aromatic carbocycles. The number of carbonyl (C=O) groups is 1. The third-order valence-corrected chi connectivity index (χ3v) is 7.00. The van der Waals surface area contributed by atoms with Crippen molar-refractivity contribution in [3.63, 3.8) is 0 Å². The number of hydrogen-bond donors (Lipinski definition) is 1. The molecule has 0 bridgehead atoms. The quantitative estimate of drug-likeness (QED) is 0.725. The van der Waals surface area contributed by atoms with Gasteiger partial charge in [0.05, 0.1) is 43.1 Å². The molecule has 4 rings (SSSR count). The number of nitrogens with one attached hydrogen (secondary N) is 1. The molecule has 2 aliphatic heterocycles. The predicted octanol–water partition coefficient (Wildman–Crippen LogP) is 1.32. The van der Waals surface area contributed by atoms with Gasteiger partial charge in [0.25, 0.3) is 0 Å². The van der Waals surface area contributed by atoms with E-state index >= 15 is 0 Å². The fourth-order valence-corrected chi connectivity index (χ4v) is 5.42. The highest BCUT2D eigenvalue weighted by atomic mass is 32.2. The van der Waals surface area contributed by atoms with Crippen molar-refractivity contribution in [2.75, 3.05) is 10.8 Å². The number of amides is 1. The molecule has 1 fully saturated rings. The first-order valence-electron chi connectivity index (χ1n) is 9.35. The molecule has 0 unspecified atom stereocenters. The van der Waals surface area contributed by atoms with Crippen LogP contribution in [0.5, 0.6) is 0 Å². The van der Waals surface area contributed by atoms with Crippen LogP contribution in [0.1, 0.15) is 25.1 Å². The zero-order valence-electron chi connectivity index (χ0n) is 16.3. The third-order valence-electron chi connectivity index (χ3n) is 5.39. The normalized spacial score (nSPS) is 23.0. The standard InChI is InChI=1S/C18H20F3N5O3S/c1-10-6-23-30(28,29)26(10)15-7-22-25-8-11(2)24(9-16(15)25)17(27)5-12-3-13(19)18(21)14(20)4-12/h3-4,7,10-11,23H,5-6,8-9H2,1-2H3/t10-,11-/m0/s1. The monoisotopic (exact) mass is 443 g/mol. The number of benzene rings is 1. The van der Waals surface area contributed by atoms with Gasteiger partial charge in [0.1, 0.15) is 0 Å². The number of hydrogen-bond acceptors (Lipinski definition) is 4. The van der Waals surface area contributed by atoms with Gasteiger partial charge < -0.3 is 4.90 Å². The summed E-state index contributed by atoms with van der Waals surface area (Å²) in [6.45, 7) is 4.23. The molecule has 2 aliphatic rings. The summed E-state index contributed by atoms with van der Waals surface area (Å²) in [5.41, 5.74) is 0.955. The fourth-order valence-electron chi connectivity index (χ4n) is 3.87. The summed E-state index contributed by atoms with van der Waals surface area (Å²) in [7, 11) is -3.70. The topological polar surface area (TPSA) is 87.5 Å². The van der Waals surface area contributed by atoms with Crippen LogP contribution in [0.3, 0.4) is 0 Å². The number of anilines is 1. The van der Waals surface area contributed by atoms with Crippen LogP contribution in [0.4, 0.5) is 18.9 Å². The second kappa shape index (κ2) is 7.27. The van der Waals surface area contributed by atoms with Crippen molar-refractivity contribution >= 4 is 21.8 Å². The molecule has 162 valence electrons. The van der Waals surface area contributed by atoms with Crippen LogP contribution in [0.15, 0.2) is 18.3 Å². The lowest BCUT2D eigenvalue weighted by atomic mass is 10.1. The maximum Gasteiger partial charge on any atom is 0.302 e. The van der Waals surface area contributed by atoms with Crippen LogP contribution < -0.4 is 9.03 Å². The highest BCUT2D eigenvalue weighted by molar-refractivity contribution is 7.91. The summed E-state index contributed by atoms with van der Waals surface area (Å²) in [4.78, 5) is 14.4. The molecule has 0 spiro atoms. The summed E-state index contributed by atoms with van der Waals surface area (Å²) in [5.74, 6) is -4.71. The SMILES string of the molecule is C[C@H]1Cn2ncc(N3[C@@H](C)CNS3(=O)=O)c2CN1C(=O)Cc1cc(F)c(F)c(F)c1. The number of aromatic nitrogens is 2. The maximum absolute atomic E-state index is 13.5. The van der Waals surface area contributed by atoms with Gasteiger partial charge in [-0.15, -0.1) is 0 Å². The second-order valence-electron chi connectivity index (χ2n) is 7.58. The molecule has 12 heteroatoms. The largest absolute Gasteiger partial charge is 0.332 e. The summed E-state index contributed by atoms with van der Waals surface area (Å²) in [6, 6.07) is 0.992. The Balaban J connectivity index is 1.60. The minimum Gasteiger partial charge on any atom is -0.332 e. The highest BCUT2D eigenvalue weighted by Crippen LogP contribution is 2.32. The van der Waals surface area contributed by atoms with Crippen LogP contribution in [0.25, 0.3) is 0 Å². The van der Waals surface area contributed by atoms with E-state index in [1.807, 2.05) is 0 Å². The molecule has 0 saturated carbocycles. The first-order chi connectivity index (χ1) is 14.1. The summed E-state index contributed by atoms with van der Waals surface area (Å²) < 4.78 is 70.2. The maximum atomic E-state index is 13.5. The van der Waals surface area contributed by atoms with E-state index in [2.05, 4.69) is 9.82 Å². The molecule has 1 saturated heterocycles. The highest BCUT2D eigenvalue weighted by Gasteiger charge is 2.39. The van der Waals surface area contributed by atoms with Gasteiger partial charge in [-0.1, -0.05) is 0 Å². The van der Waals surface area contributed by atoms with Gasteiger partial charge in [-0.3, -0.25) is 13.8 Å². The van der Waals surface area contributed by atoms with Crippen LogP contribution in [0, 0.1) is 17.5 Å². The molecule has 8 nitrogen and oxygen atoms in total. The number of fused-ring (bicyclic) bond motifs is 1. The Kier molecular flexibility index (Phi) is 5.01. The molecule has 1 aromatic heterocycles. The van der Waals surface area contributed by atoms with E-state index in [4.69, 9.17) is 0 Å². The molecule has 3 heterocycles. The van der Waals surface area contributed by atoms with Crippen molar-refractivity contribution in [3.8, 4) is 0 Å². The van der Waals surface area contributed by atoms with Gasteiger partial charge in [0, 0.05) is 12.6 Å². The van der Waals surface area contributed by atoms with Gasteiger partial charge in [-0.2, -0.15) is 18.2 Å². The molecule has 0 aliphatic carbocycles. The summed E-state index contributed by atoms with van der Waals surface area (Å²) in [6.07, 6.45) is 1.14. The minimum atomic E-state index is -3.70. The van der Waals surface area contributed by atoms with Crippen molar-refractivity contribution < 1.29 is 26.4 Å². The molecule has 1 N–H and O–H groups in total. The van der Waals surface area contributed by atoms with E-state index in [-0.39, 0.29) is 37.2 Å². The Morgan fingerprint density at radius 2 is 1.87 bits per heavy atom.